The van der Waals surface area contributed by atoms with Crippen molar-refractivity contribution in [2.75, 3.05) is 0 Å². The van der Waals surface area contributed by atoms with Gasteiger partial charge in [0.05, 0.1) is 0 Å². The first-order valence-corrected chi connectivity index (χ1v) is 25.0. The van der Waals surface area contributed by atoms with E-state index in [2.05, 4.69) is 142 Å². The molecule has 0 N–H and O–H groups in total. The first-order chi connectivity index (χ1) is 19.3. The molecule has 0 saturated heterocycles. The van der Waals surface area contributed by atoms with Gasteiger partial charge in [-0.05, 0) is 0 Å². The summed E-state index contributed by atoms with van der Waals surface area (Å²) in [5.74, 6) is 0.685. The van der Waals surface area contributed by atoms with Crippen LogP contribution < -0.4 is 0 Å². The van der Waals surface area contributed by atoms with Crippen molar-refractivity contribution in [3.63, 3.8) is 0 Å². The van der Waals surface area contributed by atoms with Gasteiger partial charge in [-0.1, -0.05) is 0 Å². The topological polar surface area (TPSA) is 0 Å². The SMILES string of the molecule is CC(C)(C)c1ccc2c(c1)[CH]([Zr]([CH3])([CH3])(=[C](c1ccccc1)C1CCCC1)[CH]1C=CC=C1)c1cc(C(C)(C)C)ccc1-2. The van der Waals surface area contributed by atoms with Gasteiger partial charge < -0.3 is 0 Å². The number of allylic oxidation sites excluding steroid dienone is 4. The van der Waals surface area contributed by atoms with Crippen molar-refractivity contribution in [1.29, 1.82) is 0 Å². The Balaban J connectivity index is 1.79. The number of benzene rings is 3. The second-order valence-corrected chi connectivity index (χ2v) is 33.4. The molecule has 1 saturated carbocycles. The van der Waals surface area contributed by atoms with Crippen LogP contribution in [0, 0.1) is 5.92 Å². The third-order valence-corrected chi connectivity index (χ3v) is 28.9. The molecular formula is C40H50Zr. The van der Waals surface area contributed by atoms with E-state index in [-0.39, 0.29) is 10.8 Å². The van der Waals surface area contributed by atoms with Gasteiger partial charge >= 0.3 is 252 Å². The summed E-state index contributed by atoms with van der Waals surface area (Å²) in [4.78, 5) is 0. The number of hydrogen-bond donors (Lipinski definition) is 0. The molecule has 3 aromatic rings. The minimum absolute atomic E-state index is 0.113. The van der Waals surface area contributed by atoms with E-state index in [4.69, 9.17) is 0 Å². The van der Waals surface area contributed by atoms with Crippen LogP contribution in [0.25, 0.3) is 11.1 Å². The fraction of sp³-hybridized carbons (Fsp3) is 0.425. The fourth-order valence-electron chi connectivity index (χ4n) is 8.87. The van der Waals surface area contributed by atoms with Gasteiger partial charge in [0.2, 0.25) is 0 Å². The Morgan fingerprint density at radius 2 is 1.15 bits per heavy atom. The quantitative estimate of drug-likeness (QED) is 0.272. The second kappa shape index (κ2) is 9.98. The maximum absolute atomic E-state index is 4.08. The average Bonchev–Trinajstić information content (AvgIpc) is 3.68. The van der Waals surface area contributed by atoms with E-state index < -0.39 is 18.3 Å². The van der Waals surface area contributed by atoms with Crippen LogP contribution in [0.1, 0.15) is 98.7 Å². The van der Waals surface area contributed by atoms with Crippen molar-refractivity contribution in [1.82, 2.24) is 0 Å². The van der Waals surface area contributed by atoms with Gasteiger partial charge in [-0.3, -0.25) is 0 Å². The molecule has 3 aromatic carbocycles. The molecule has 0 radical (unpaired) electrons. The predicted molar refractivity (Wildman–Crippen MR) is 177 cm³/mol. The van der Waals surface area contributed by atoms with E-state index in [1.54, 1.807) is 11.1 Å². The minimum atomic E-state index is -4.08. The second-order valence-electron chi connectivity index (χ2n) is 16.2. The van der Waals surface area contributed by atoms with Crippen molar-refractivity contribution < 1.29 is 18.3 Å². The number of rotatable bonds is 4. The van der Waals surface area contributed by atoms with E-state index in [1.165, 1.54) is 53.5 Å². The third-order valence-electron chi connectivity index (χ3n) is 11.1. The first kappa shape index (κ1) is 29.0. The Labute approximate surface area is 250 Å². The molecule has 0 amide bonds. The Morgan fingerprint density at radius 3 is 1.61 bits per heavy atom. The van der Waals surface area contributed by atoms with Gasteiger partial charge in [-0.2, -0.15) is 0 Å². The zero-order valence-electron chi connectivity index (χ0n) is 26.7. The van der Waals surface area contributed by atoms with Crippen LogP contribution in [0.5, 0.6) is 0 Å². The summed E-state index contributed by atoms with van der Waals surface area (Å²) in [5.41, 5.74) is 10.8. The molecule has 3 aliphatic rings. The van der Waals surface area contributed by atoms with Gasteiger partial charge in [0.1, 0.15) is 0 Å². The fourth-order valence-corrected chi connectivity index (χ4v) is 27.3. The van der Waals surface area contributed by atoms with Gasteiger partial charge in [0, 0.05) is 0 Å². The molecule has 1 fully saturated rings. The van der Waals surface area contributed by atoms with Crippen molar-refractivity contribution in [2.24, 2.45) is 5.92 Å². The van der Waals surface area contributed by atoms with Crippen molar-refractivity contribution in [3.8, 4) is 11.1 Å². The molecule has 0 atom stereocenters. The Kier molecular flexibility index (Phi) is 7.05. The molecule has 0 aromatic heterocycles. The molecule has 0 heterocycles. The molecule has 0 bridgehead atoms. The monoisotopic (exact) mass is 620 g/mol. The molecule has 1 heteroatoms. The number of hydrogen-bond acceptors (Lipinski definition) is 0. The van der Waals surface area contributed by atoms with Crippen LogP contribution in [-0.2, 0) is 29.1 Å². The van der Waals surface area contributed by atoms with Crippen molar-refractivity contribution >= 4 is 3.21 Å². The molecule has 0 nitrogen and oxygen atoms in total. The first-order valence-electron chi connectivity index (χ1n) is 16.1. The van der Waals surface area contributed by atoms with Crippen LogP contribution in [0.15, 0.2) is 91.0 Å². The number of fused-ring (bicyclic) bond motifs is 3. The molecule has 6 rings (SSSR count). The summed E-state index contributed by atoms with van der Waals surface area (Å²) >= 11 is -4.08. The van der Waals surface area contributed by atoms with Crippen LogP contribution in [0.2, 0.25) is 12.9 Å². The molecule has 0 spiro atoms. The normalized spacial score (nSPS) is 18.3. The van der Waals surface area contributed by atoms with Gasteiger partial charge in [0.25, 0.3) is 0 Å². The summed E-state index contributed by atoms with van der Waals surface area (Å²) in [6, 6.07) is 26.7. The van der Waals surface area contributed by atoms with E-state index >= 15 is 0 Å². The van der Waals surface area contributed by atoms with Crippen molar-refractivity contribution in [3.05, 3.63) is 119 Å². The summed E-state index contributed by atoms with van der Waals surface area (Å²) in [6.07, 6.45) is 15.3. The van der Waals surface area contributed by atoms with E-state index in [1.807, 2.05) is 3.21 Å². The molecular weight excluding hydrogens is 572 g/mol. The third kappa shape index (κ3) is 4.70. The van der Waals surface area contributed by atoms with Crippen LogP contribution in [-0.4, -0.2) is 3.21 Å². The molecule has 41 heavy (non-hydrogen) atoms. The summed E-state index contributed by atoms with van der Waals surface area (Å²) in [5, 5.41) is 0. The predicted octanol–water partition coefficient (Wildman–Crippen LogP) is 11.5. The Hall–Kier alpha value is -2.11. The van der Waals surface area contributed by atoms with E-state index in [0.29, 0.717) is 13.2 Å². The van der Waals surface area contributed by atoms with Gasteiger partial charge in [0.15, 0.2) is 0 Å². The van der Waals surface area contributed by atoms with Crippen LogP contribution in [0.4, 0.5) is 0 Å². The van der Waals surface area contributed by atoms with Crippen molar-refractivity contribution in [2.45, 2.75) is 94.6 Å². The van der Waals surface area contributed by atoms with Gasteiger partial charge in [-0.15, -0.1) is 0 Å². The summed E-state index contributed by atoms with van der Waals surface area (Å²) < 4.78 is 8.52. The van der Waals surface area contributed by atoms with E-state index in [9.17, 15) is 0 Å². The van der Waals surface area contributed by atoms with Crippen LogP contribution >= 0.6 is 0 Å². The van der Waals surface area contributed by atoms with Crippen LogP contribution in [0.3, 0.4) is 0 Å². The summed E-state index contributed by atoms with van der Waals surface area (Å²) in [6.45, 7) is 14.2. The van der Waals surface area contributed by atoms with Gasteiger partial charge in [-0.25, -0.2) is 0 Å². The Morgan fingerprint density at radius 1 is 0.659 bits per heavy atom. The standard InChI is InChI=1S/C21H25.C12H14.C5H5.2CH3.Zr/c1-20(2,3)16-7-9-18-14(12-16)11-15-13-17(21(4,5)6)8-10-19(15)18;1-2-6-11(7-3-1)10-12-8-4-5-9-12;1-2-4-5-3-1;;;/h7-13H,1-6H3;1-3,6-7,12H,4-5,8-9H2;1-5H;2*1H3;. The maximum atomic E-state index is 2.85. The average molecular weight is 622 g/mol. The molecule has 214 valence electrons. The van der Waals surface area contributed by atoms with E-state index in [0.717, 1.165) is 0 Å². The molecule has 0 unspecified atom stereocenters. The molecule has 0 aliphatic heterocycles. The molecule has 3 aliphatic carbocycles. The zero-order chi connectivity index (χ0) is 29.2. The Bertz CT molecular complexity index is 1530. The summed E-state index contributed by atoms with van der Waals surface area (Å²) in [7, 11) is 0. The zero-order valence-corrected chi connectivity index (χ0v) is 29.2.